The zero-order valence-electron chi connectivity index (χ0n) is 9.83. The lowest BCUT2D eigenvalue weighted by Crippen LogP contribution is -2.25. The Labute approximate surface area is 105 Å². The summed E-state index contributed by atoms with van der Waals surface area (Å²) in [5.74, 6) is 0.119. The molecule has 17 heavy (non-hydrogen) atoms. The molecule has 2 rings (SSSR count). The van der Waals surface area contributed by atoms with E-state index in [2.05, 4.69) is 4.98 Å². The van der Waals surface area contributed by atoms with Crippen molar-refractivity contribution in [1.29, 1.82) is 0 Å². The first-order valence-electron chi connectivity index (χ1n) is 5.87. The van der Waals surface area contributed by atoms with E-state index in [1.807, 2.05) is 5.38 Å². The summed E-state index contributed by atoms with van der Waals surface area (Å²) in [6.45, 7) is 0. The number of thiazole rings is 1. The Hall–Kier alpha value is -0.940. The third-order valence-corrected chi connectivity index (χ3v) is 4.30. The first kappa shape index (κ1) is 12.5. The SMILES string of the molecule is COC(=O)[C@H]1CC[C@H](C(O)c2nccs2)CC1. The number of aliphatic hydroxyl groups is 1. The van der Waals surface area contributed by atoms with Crippen LogP contribution in [0.3, 0.4) is 0 Å². The van der Waals surface area contributed by atoms with E-state index in [9.17, 15) is 9.90 Å². The van der Waals surface area contributed by atoms with Gasteiger partial charge < -0.3 is 9.84 Å². The van der Waals surface area contributed by atoms with E-state index in [-0.39, 0.29) is 17.8 Å². The molecule has 0 aliphatic heterocycles. The van der Waals surface area contributed by atoms with E-state index in [1.54, 1.807) is 6.20 Å². The Bertz CT molecular complexity index is 358. The van der Waals surface area contributed by atoms with Gasteiger partial charge >= 0.3 is 5.97 Å². The van der Waals surface area contributed by atoms with Crippen molar-refractivity contribution in [2.24, 2.45) is 11.8 Å². The second-order valence-electron chi connectivity index (χ2n) is 4.45. The van der Waals surface area contributed by atoms with Crippen LogP contribution >= 0.6 is 11.3 Å². The molecule has 1 N–H and O–H groups in total. The van der Waals surface area contributed by atoms with Gasteiger partial charge in [-0.3, -0.25) is 4.79 Å². The summed E-state index contributed by atoms with van der Waals surface area (Å²) in [7, 11) is 1.43. The third kappa shape index (κ3) is 2.84. The number of nitrogens with zero attached hydrogens (tertiary/aromatic N) is 1. The van der Waals surface area contributed by atoms with Gasteiger partial charge in [-0.2, -0.15) is 0 Å². The standard InChI is InChI=1S/C12H17NO3S/c1-16-12(15)9-4-2-8(3-5-9)10(14)11-13-6-7-17-11/h6-10,14H,2-5H2,1H3/t8-,9-,10?. The van der Waals surface area contributed by atoms with Crippen molar-refractivity contribution >= 4 is 17.3 Å². The van der Waals surface area contributed by atoms with Crippen LogP contribution in [0.15, 0.2) is 11.6 Å². The highest BCUT2D eigenvalue weighted by Crippen LogP contribution is 2.37. The summed E-state index contributed by atoms with van der Waals surface area (Å²) in [4.78, 5) is 15.5. The van der Waals surface area contributed by atoms with Crippen LogP contribution in [0.25, 0.3) is 0 Å². The van der Waals surface area contributed by atoms with E-state index in [0.29, 0.717) is 0 Å². The maximum atomic E-state index is 11.4. The normalized spacial score (nSPS) is 26.5. The minimum atomic E-state index is -0.478. The van der Waals surface area contributed by atoms with Gasteiger partial charge in [0.2, 0.25) is 0 Å². The summed E-state index contributed by atoms with van der Waals surface area (Å²) in [6, 6.07) is 0. The average molecular weight is 255 g/mol. The largest absolute Gasteiger partial charge is 0.469 e. The van der Waals surface area contributed by atoms with Gasteiger partial charge in [0.15, 0.2) is 0 Å². The molecule has 4 nitrogen and oxygen atoms in total. The number of aromatic nitrogens is 1. The lowest BCUT2D eigenvalue weighted by atomic mass is 9.79. The molecule has 1 atom stereocenters. The van der Waals surface area contributed by atoms with Crippen molar-refractivity contribution in [2.75, 3.05) is 7.11 Å². The Morgan fingerprint density at radius 2 is 2.24 bits per heavy atom. The molecule has 0 saturated heterocycles. The fourth-order valence-electron chi connectivity index (χ4n) is 2.42. The Morgan fingerprint density at radius 1 is 1.53 bits per heavy atom. The van der Waals surface area contributed by atoms with Crippen LogP contribution in [0, 0.1) is 11.8 Å². The minimum absolute atomic E-state index is 0.0137. The molecule has 0 bridgehead atoms. The van der Waals surface area contributed by atoms with E-state index in [4.69, 9.17) is 4.74 Å². The molecular weight excluding hydrogens is 238 g/mol. The van der Waals surface area contributed by atoms with Crippen LogP contribution in [-0.4, -0.2) is 23.2 Å². The number of hydrogen-bond acceptors (Lipinski definition) is 5. The second kappa shape index (κ2) is 5.60. The maximum absolute atomic E-state index is 11.4. The highest BCUT2D eigenvalue weighted by atomic mass is 32.1. The molecule has 0 spiro atoms. The molecule has 1 aromatic rings. The smallest absolute Gasteiger partial charge is 0.308 e. The van der Waals surface area contributed by atoms with Gasteiger partial charge in [-0.15, -0.1) is 11.3 Å². The monoisotopic (exact) mass is 255 g/mol. The van der Waals surface area contributed by atoms with Gasteiger partial charge in [-0.05, 0) is 31.6 Å². The molecule has 1 aromatic heterocycles. The summed E-state index contributed by atoms with van der Waals surface area (Å²) in [5.41, 5.74) is 0. The van der Waals surface area contributed by atoms with Crippen molar-refractivity contribution in [2.45, 2.75) is 31.8 Å². The molecule has 1 unspecified atom stereocenters. The zero-order valence-corrected chi connectivity index (χ0v) is 10.7. The van der Waals surface area contributed by atoms with Crippen LogP contribution in [0.2, 0.25) is 0 Å². The molecule has 1 saturated carbocycles. The van der Waals surface area contributed by atoms with Gasteiger partial charge in [0, 0.05) is 11.6 Å². The molecule has 1 fully saturated rings. The van der Waals surface area contributed by atoms with Gasteiger partial charge in [0.05, 0.1) is 13.0 Å². The fraction of sp³-hybridized carbons (Fsp3) is 0.667. The van der Waals surface area contributed by atoms with Crippen LogP contribution in [-0.2, 0) is 9.53 Å². The van der Waals surface area contributed by atoms with Crippen molar-refractivity contribution in [3.8, 4) is 0 Å². The third-order valence-electron chi connectivity index (χ3n) is 3.46. The second-order valence-corrected chi connectivity index (χ2v) is 5.38. The van der Waals surface area contributed by atoms with Crippen molar-refractivity contribution in [3.63, 3.8) is 0 Å². The summed E-state index contributed by atoms with van der Waals surface area (Å²) >= 11 is 1.48. The van der Waals surface area contributed by atoms with Crippen LogP contribution in [0.1, 0.15) is 36.8 Å². The van der Waals surface area contributed by atoms with E-state index >= 15 is 0 Å². The maximum Gasteiger partial charge on any atom is 0.308 e. The van der Waals surface area contributed by atoms with E-state index in [1.165, 1.54) is 18.4 Å². The first-order chi connectivity index (χ1) is 8.22. The Balaban J connectivity index is 1.89. The summed E-state index contributed by atoms with van der Waals surface area (Å²) in [6.07, 6.45) is 4.57. The van der Waals surface area contributed by atoms with Crippen LogP contribution in [0.5, 0.6) is 0 Å². The lowest BCUT2D eigenvalue weighted by Gasteiger charge is -2.29. The Morgan fingerprint density at radius 3 is 2.76 bits per heavy atom. The predicted molar refractivity (Wildman–Crippen MR) is 64.5 cm³/mol. The number of hydrogen-bond donors (Lipinski definition) is 1. The van der Waals surface area contributed by atoms with Gasteiger partial charge in [-0.25, -0.2) is 4.98 Å². The number of methoxy groups -OCH3 is 1. The van der Waals surface area contributed by atoms with Crippen LogP contribution in [0.4, 0.5) is 0 Å². The molecule has 0 radical (unpaired) electrons. The number of ether oxygens (including phenoxy) is 1. The lowest BCUT2D eigenvalue weighted by molar-refractivity contribution is -0.147. The predicted octanol–water partition coefficient (Wildman–Crippen LogP) is 2.16. The number of esters is 1. The molecule has 1 aliphatic carbocycles. The quantitative estimate of drug-likeness (QED) is 0.841. The van der Waals surface area contributed by atoms with E-state index in [0.717, 1.165) is 30.7 Å². The fourth-order valence-corrected chi connectivity index (χ4v) is 3.13. The van der Waals surface area contributed by atoms with Crippen molar-refractivity contribution < 1.29 is 14.6 Å². The summed E-state index contributed by atoms with van der Waals surface area (Å²) < 4.78 is 4.75. The average Bonchev–Trinajstić information content (AvgIpc) is 2.91. The minimum Gasteiger partial charge on any atom is -0.469 e. The topological polar surface area (TPSA) is 59.4 Å². The molecular formula is C12H17NO3S. The molecule has 5 heteroatoms. The zero-order chi connectivity index (χ0) is 12.3. The number of rotatable bonds is 3. The highest BCUT2D eigenvalue weighted by Gasteiger charge is 2.31. The van der Waals surface area contributed by atoms with E-state index < -0.39 is 6.10 Å². The van der Waals surface area contributed by atoms with Crippen LogP contribution < -0.4 is 0 Å². The summed E-state index contributed by atoms with van der Waals surface area (Å²) in [5, 5.41) is 12.8. The number of carbonyl (C=O) groups excluding carboxylic acids is 1. The highest BCUT2D eigenvalue weighted by molar-refractivity contribution is 7.09. The van der Waals surface area contributed by atoms with Gasteiger partial charge in [0.1, 0.15) is 11.1 Å². The van der Waals surface area contributed by atoms with Gasteiger partial charge in [0.25, 0.3) is 0 Å². The van der Waals surface area contributed by atoms with Crippen molar-refractivity contribution in [3.05, 3.63) is 16.6 Å². The first-order valence-corrected chi connectivity index (χ1v) is 6.75. The molecule has 1 aliphatic rings. The number of aliphatic hydroxyl groups excluding tert-OH is 1. The number of carbonyl (C=O) groups is 1. The van der Waals surface area contributed by atoms with Gasteiger partial charge in [-0.1, -0.05) is 0 Å². The molecule has 0 amide bonds. The van der Waals surface area contributed by atoms with Crippen molar-refractivity contribution in [1.82, 2.24) is 4.98 Å². The molecule has 94 valence electrons. The Kier molecular flexibility index (Phi) is 4.12. The molecule has 0 aromatic carbocycles. The molecule has 1 heterocycles.